The van der Waals surface area contributed by atoms with E-state index in [9.17, 15) is 4.39 Å². The molecule has 0 amide bonds. The van der Waals surface area contributed by atoms with Gasteiger partial charge in [-0.15, -0.1) is 0 Å². The van der Waals surface area contributed by atoms with E-state index < -0.39 is 18.8 Å². The molecular weight excluding hydrogens is 315 g/mol. The van der Waals surface area contributed by atoms with Crippen molar-refractivity contribution >= 4 is 15.9 Å². The van der Waals surface area contributed by atoms with E-state index in [2.05, 4.69) is 21.1 Å². The van der Waals surface area contributed by atoms with Crippen LogP contribution in [0.25, 0.3) is 11.3 Å². The standard InChI is InChI=1S/C13H14BrFN2O2/c1-18-13(10(16)7-15)9-4-2-8(3-5-9)11-6-12(14)17-19-11/h2-6,10,13H,7,16H2,1H3/t10-,13-/m1/s1. The van der Waals surface area contributed by atoms with Gasteiger partial charge in [-0.25, -0.2) is 4.39 Å². The second-order valence-corrected chi connectivity index (χ2v) is 4.92. The molecule has 6 heteroatoms. The van der Waals surface area contributed by atoms with E-state index in [-0.39, 0.29) is 0 Å². The van der Waals surface area contributed by atoms with E-state index >= 15 is 0 Å². The first kappa shape index (κ1) is 14.2. The van der Waals surface area contributed by atoms with Crippen molar-refractivity contribution in [1.82, 2.24) is 5.16 Å². The van der Waals surface area contributed by atoms with Crippen molar-refractivity contribution in [3.8, 4) is 11.3 Å². The van der Waals surface area contributed by atoms with Crippen molar-refractivity contribution in [3.05, 3.63) is 40.5 Å². The van der Waals surface area contributed by atoms with E-state index in [0.29, 0.717) is 10.4 Å². The predicted molar refractivity (Wildman–Crippen MR) is 73.3 cm³/mol. The molecule has 4 nitrogen and oxygen atoms in total. The molecular formula is C13H14BrFN2O2. The molecule has 19 heavy (non-hydrogen) atoms. The van der Waals surface area contributed by atoms with E-state index in [1.54, 1.807) is 6.07 Å². The molecule has 1 heterocycles. The SMILES string of the molecule is CO[C@H](c1ccc(-c2cc(Br)no2)cc1)[C@H](N)CF. The molecule has 1 aromatic carbocycles. The Morgan fingerprint density at radius 3 is 2.58 bits per heavy atom. The average molecular weight is 329 g/mol. The normalized spacial score (nSPS) is 14.3. The Balaban J connectivity index is 2.22. The maximum absolute atomic E-state index is 12.6. The molecule has 0 fully saturated rings. The van der Waals surface area contributed by atoms with Crippen molar-refractivity contribution in [2.75, 3.05) is 13.8 Å². The first-order valence-electron chi connectivity index (χ1n) is 5.72. The first-order valence-corrected chi connectivity index (χ1v) is 6.52. The van der Waals surface area contributed by atoms with Crippen LogP contribution in [0.5, 0.6) is 0 Å². The monoisotopic (exact) mass is 328 g/mol. The van der Waals surface area contributed by atoms with Crippen LogP contribution in [0.3, 0.4) is 0 Å². The van der Waals surface area contributed by atoms with Crippen LogP contribution in [0.1, 0.15) is 11.7 Å². The summed E-state index contributed by atoms with van der Waals surface area (Å²) in [4.78, 5) is 0. The van der Waals surface area contributed by atoms with Gasteiger partial charge in [-0.3, -0.25) is 0 Å². The van der Waals surface area contributed by atoms with Gasteiger partial charge in [0.05, 0.1) is 12.1 Å². The van der Waals surface area contributed by atoms with E-state index in [1.165, 1.54) is 7.11 Å². The Hall–Kier alpha value is -1.24. The Kier molecular flexibility index (Phi) is 4.68. The summed E-state index contributed by atoms with van der Waals surface area (Å²) in [6, 6.07) is 8.51. The quantitative estimate of drug-likeness (QED) is 0.916. The summed E-state index contributed by atoms with van der Waals surface area (Å²) < 4.78 is 23.6. The third-order valence-electron chi connectivity index (χ3n) is 2.83. The smallest absolute Gasteiger partial charge is 0.168 e. The minimum Gasteiger partial charge on any atom is -0.375 e. The van der Waals surface area contributed by atoms with Gasteiger partial charge in [0.25, 0.3) is 0 Å². The van der Waals surface area contributed by atoms with Crippen molar-refractivity contribution < 1.29 is 13.7 Å². The lowest BCUT2D eigenvalue weighted by molar-refractivity contribution is 0.0721. The summed E-state index contributed by atoms with van der Waals surface area (Å²) in [5.74, 6) is 0.655. The summed E-state index contributed by atoms with van der Waals surface area (Å²) in [5, 5.41) is 3.76. The van der Waals surface area contributed by atoms with Crippen molar-refractivity contribution in [1.29, 1.82) is 0 Å². The molecule has 0 aliphatic carbocycles. The van der Waals surface area contributed by atoms with Crippen LogP contribution >= 0.6 is 15.9 Å². The third kappa shape index (κ3) is 3.20. The molecule has 1 aromatic heterocycles. The summed E-state index contributed by atoms with van der Waals surface area (Å²) in [5.41, 5.74) is 7.39. The largest absolute Gasteiger partial charge is 0.375 e. The van der Waals surface area contributed by atoms with Gasteiger partial charge in [-0.2, -0.15) is 0 Å². The van der Waals surface area contributed by atoms with Crippen LogP contribution in [0.4, 0.5) is 4.39 Å². The second-order valence-electron chi connectivity index (χ2n) is 4.11. The molecule has 102 valence electrons. The third-order valence-corrected chi connectivity index (χ3v) is 3.20. The van der Waals surface area contributed by atoms with Crippen LogP contribution in [0.2, 0.25) is 0 Å². The van der Waals surface area contributed by atoms with Gasteiger partial charge >= 0.3 is 0 Å². The van der Waals surface area contributed by atoms with Crippen LogP contribution in [-0.4, -0.2) is 25.0 Å². The van der Waals surface area contributed by atoms with Crippen LogP contribution < -0.4 is 5.73 Å². The number of halogens is 2. The van der Waals surface area contributed by atoms with Crippen LogP contribution in [-0.2, 0) is 4.74 Å². The maximum Gasteiger partial charge on any atom is 0.168 e. The molecule has 0 saturated carbocycles. The number of ether oxygens (including phenoxy) is 1. The molecule has 0 radical (unpaired) electrons. The number of nitrogens with two attached hydrogens (primary N) is 1. The number of alkyl halides is 1. The number of benzene rings is 1. The number of nitrogens with zero attached hydrogens (tertiary/aromatic N) is 1. The van der Waals surface area contributed by atoms with Crippen molar-refractivity contribution in [2.45, 2.75) is 12.1 Å². The van der Waals surface area contributed by atoms with E-state index in [4.69, 9.17) is 15.0 Å². The Morgan fingerprint density at radius 1 is 1.42 bits per heavy atom. The van der Waals surface area contributed by atoms with Gasteiger partial charge in [0.1, 0.15) is 11.3 Å². The number of aromatic nitrogens is 1. The molecule has 0 unspecified atom stereocenters. The highest BCUT2D eigenvalue weighted by molar-refractivity contribution is 9.10. The fraction of sp³-hybridized carbons (Fsp3) is 0.308. The predicted octanol–water partition coefficient (Wildman–Crippen LogP) is 3.09. The highest BCUT2D eigenvalue weighted by Gasteiger charge is 2.19. The summed E-state index contributed by atoms with van der Waals surface area (Å²) >= 11 is 3.22. The Bertz CT molecular complexity index is 530. The number of hydrogen-bond donors (Lipinski definition) is 1. The van der Waals surface area contributed by atoms with Gasteiger partial charge < -0.3 is 15.0 Å². The Morgan fingerprint density at radius 2 is 2.11 bits per heavy atom. The van der Waals surface area contributed by atoms with Crippen LogP contribution in [0, 0.1) is 0 Å². The van der Waals surface area contributed by atoms with Gasteiger partial charge in [0.15, 0.2) is 5.76 Å². The molecule has 0 bridgehead atoms. The van der Waals surface area contributed by atoms with E-state index in [0.717, 1.165) is 11.1 Å². The Labute approximate surface area is 118 Å². The second kappa shape index (κ2) is 6.27. The minimum absolute atomic E-state index is 0.458. The highest BCUT2D eigenvalue weighted by atomic mass is 79.9. The fourth-order valence-electron chi connectivity index (χ4n) is 1.87. The minimum atomic E-state index is -0.671. The summed E-state index contributed by atoms with van der Waals surface area (Å²) in [6.07, 6.45) is -0.458. The molecule has 0 spiro atoms. The zero-order chi connectivity index (χ0) is 13.8. The molecule has 2 rings (SSSR count). The molecule has 2 atom stereocenters. The van der Waals surface area contributed by atoms with Gasteiger partial charge in [-0.1, -0.05) is 29.4 Å². The zero-order valence-electron chi connectivity index (χ0n) is 10.3. The fourth-order valence-corrected chi connectivity index (χ4v) is 2.15. The first-order chi connectivity index (χ1) is 9.15. The molecule has 2 aromatic rings. The molecule has 0 aliphatic rings. The lowest BCUT2D eigenvalue weighted by atomic mass is 10.0. The summed E-state index contributed by atoms with van der Waals surface area (Å²) in [7, 11) is 1.52. The van der Waals surface area contributed by atoms with E-state index in [1.807, 2.05) is 24.3 Å². The number of hydrogen-bond acceptors (Lipinski definition) is 4. The number of rotatable bonds is 5. The van der Waals surface area contributed by atoms with Crippen molar-refractivity contribution in [2.24, 2.45) is 5.73 Å². The van der Waals surface area contributed by atoms with Crippen LogP contribution in [0.15, 0.2) is 39.5 Å². The molecule has 0 aliphatic heterocycles. The van der Waals surface area contributed by atoms with Gasteiger partial charge in [-0.05, 0) is 21.5 Å². The van der Waals surface area contributed by atoms with Gasteiger partial charge in [0, 0.05) is 18.7 Å². The maximum atomic E-state index is 12.6. The van der Waals surface area contributed by atoms with Gasteiger partial charge in [0.2, 0.25) is 0 Å². The summed E-state index contributed by atoms with van der Waals surface area (Å²) in [6.45, 7) is -0.630. The highest BCUT2D eigenvalue weighted by Crippen LogP contribution is 2.26. The van der Waals surface area contributed by atoms with Crippen molar-refractivity contribution in [3.63, 3.8) is 0 Å². The zero-order valence-corrected chi connectivity index (χ0v) is 11.9. The number of methoxy groups -OCH3 is 1. The molecule has 0 saturated heterocycles. The average Bonchev–Trinajstić information content (AvgIpc) is 2.87. The lowest BCUT2D eigenvalue weighted by Crippen LogP contribution is -2.31. The lowest BCUT2D eigenvalue weighted by Gasteiger charge is -2.20. The molecule has 2 N–H and O–H groups in total. The topological polar surface area (TPSA) is 61.3 Å².